The van der Waals surface area contributed by atoms with Crippen LogP contribution in [0.25, 0.3) is 10.9 Å². The lowest BCUT2D eigenvalue weighted by Gasteiger charge is -2.06. The summed E-state index contributed by atoms with van der Waals surface area (Å²) < 4.78 is 16.6. The van der Waals surface area contributed by atoms with Crippen LogP contribution in [0.4, 0.5) is 4.39 Å². The first-order chi connectivity index (χ1) is 9.66. The molecule has 1 aromatic carbocycles. The minimum absolute atomic E-state index is 0.104. The Morgan fingerprint density at radius 3 is 2.90 bits per heavy atom. The number of aryl methyl sites for hydroxylation is 3. The predicted molar refractivity (Wildman–Crippen MR) is 70.7 cm³/mol. The van der Waals surface area contributed by atoms with Crippen molar-refractivity contribution in [2.75, 3.05) is 0 Å². The molecule has 0 saturated heterocycles. The summed E-state index contributed by atoms with van der Waals surface area (Å²) in [4.78, 5) is 20.3. The van der Waals surface area contributed by atoms with E-state index in [1.54, 1.807) is 17.8 Å². The molecule has 0 N–H and O–H groups in total. The molecule has 0 aliphatic rings. The Kier molecular flexibility index (Phi) is 3.02. The summed E-state index contributed by atoms with van der Waals surface area (Å²) in [6.45, 7) is 0.421. The van der Waals surface area contributed by atoms with Crippen LogP contribution in [0.15, 0.2) is 35.6 Å². The first-order valence-corrected chi connectivity index (χ1v) is 6.13. The topological polar surface area (TPSA) is 65.6 Å². The molecule has 2 heterocycles. The number of para-hydroxylation sites is 1. The largest absolute Gasteiger partial charge is 0.298 e. The summed E-state index contributed by atoms with van der Waals surface area (Å²) in [7, 11) is 1.79. The lowest BCUT2D eigenvalue weighted by Crippen LogP contribution is -2.22. The Bertz CT molecular complexity index is 823. The highest BCUT2D eigenvalue weighted by Crippen LogP contribution is 2.10. The fraction of sp³-hybridized carbons (Fsp3) is 0.231. The van der Waals surface area contributed by atoms with Crippen molar-refractivity contribution in [3.8, 4) is 0 Å². The Morgan fingerprint density at radius 2 is 2.15 bits per heavy atom. The van der Waals surface area contributed by atoms with Gasteiger partial charge in [-0.3, -0.25) is 14.0 Å². The Hall–Kier alpha value is -2.57. The van der Waals surface area contributed by atoms with Crippen LogP contribution >= 0.6 is 0 Å². The van der Waals surface area contributed by atoms with Gasteiger partial charge in [0.2, 0.25) is 0 Å². The van der Waals surface area contributed by atoms with E-state index in [4.69, 9.17) is 0 Å². The van der Waals surface area contributed by atoms with Crippen LogP contribution < -0.4 is 5.56 Å². The zero-order valence-electron chi connectivity index (χ0n) is 10.8. The lowest BCUT2D eigenvalue weighted by molar-refractivity contribution is 0.604. The van der Waals surface area contributed by atoms with Crippen molar-refractivity contribution < 1.29 is 4.39 Å². The molecule has 0 radical (unpaired) electrons. The standard InChI is InChI=1S/C13H12FN5O/c1-18-11(15-7-17-18)5-6-19-8-16-12-9(13(19)20)3-2-4-10(12)14/h2-4,7-8H,5-6H2,1H3. The van der Waals surface area contributed by atoms with Crippen molar-refractivity contribution in [2.24, 2.45) is 7.05 Å². The van der Waals surface area contributed by atoms with Gasteiger partial charge in [0.25, 0.3) is 5.56 Å². The third-order valence-corrected chi connectivity index (χ3v) is 3.19. The van der Waals surface area contributed by atoms with Crippen LogP contribution in [0, 0.1) is 5.82 Å². The van der Waals surface area contributed by atoms with E-state index in [2.05, 4.69) is 15.1 Å². The predicted octanol–water partition coefficient (Wildman–Crippen LogP) is 0.907. The van der Waals surface area contributed by atoms with Gasteiger partial charge >= 0.3 is 0 Å². The van der Waals surface area contributed by atoms with Gasteiger partial charge < -0.3 is 0 Å². The van der Waals surface area contributed by atoms with E-state index in [1.165, 1.54) is 29.4 Å². The second kappa shape index (κ2) is 4.84. The Morgan fingerprint density at radius 1 is 1.30 bits per heavy atom. The van der Waals surface area contributed by atoms with E-state index in [0.717, 1.165) is 5.82 Å². The molecule has 0 unspecified atom stereocenters. The van der Waals surface area contributed by atoms with E-state index < -0.39 is 5.82 Å². The van der Waals surface area contributed by atoms with E-state index in [0.29, 0.717) is 13.0 Å². The van der Waals surface area contributed by atoms with Crippen molar-refractivity contribution in [1.82, 2.24) is 24.3 Å². The number of hydrogen-bond acceptors (Lipinski definition) is 4. The molecular weight excluding hydrogens is 261 g/mol. The average Bonchev–Trinajstić information content (AvgIpc) is 2.84. The summed E-state index contributed by atoms with van der Waals surface area (Å²) >= 11 is 0. The van der Waals surface area contributed by atoms with Crippen LogP contribution in [-0.4, -0.2) is 24.3 Å². The maximum absolute atomic E-state index is 13.5. The fourth-order valence-electron chi connectivity index (χ4n) is 2.08. The quantitative estimate of drug-likeness (QED) is 0.711. The average molecular weight is 273 g/mol. The number of benzene rings is 1. The molecule has 3 rings (SSSR count). The van der Waals surface area contributed by atoms with Gasteiger partial charge in [0.1, 0.15) is 23.5 Å². The molecule has 0 aliphatic heterocycles. The van der Waals surface area contributed by atoms with Gasteiger partial charge in [0.05, 0.1) is 11.7 Å². The number of nitrogens with zero attached hydrogens (tertiary/aromatic N) is 5. The molecule has 102 valence electrons. The van der Waals surface area contributed by atoms with Gasteiger partial charge in [-0.2, -0.15) is 5.10 Å². The smallest absolute Gasteiger partial charge is 0.261 e. The zero-order valence-corrected chi connectivity index (χ0v) is 10.8. The van der Waals surface area contributed by atoms with Gasteiger partial charge in [0, 0.05) is 20.0 Å². The SMILES string of the molecule is Cn1ncnc1CCn1cnc2c(F)cccc2c1=O. The summed E-state index contributed by atoms with van der Waals surface area (Å²) in [5, 5.41) is 4.25. The van der Waals surface area contributed by atoms with Crippen LogP contribution in [-0.2, 0) is 20.0 Å². The monoisotopic (exact) mass is 273 g/mol. The van der Waals surface area contributed by atoms with Gasteiger partial charge in [0.15, 0.2) is 0 Å². The van der Waals surface area contributed by atoms with E-state index >= 15 is 0 Å². The molecule has 6 nitrogen and oxygen atoms in total. The van der Waals surface area contributed by atoms with Crippen LogP contribution in [0.1, 0.15) is 5.82 Å². The van der Waals surface area contributed by atoms with Crippen molar-refractivity contribution in [3.63, 3.8) is 0 Å². The van der Waals surface area contributed by atoms with Crippen LogP contribution in [0.3, 0.4) is 0 Å². The van der Waals surface area contributed by atoms with Gasteiger partial charge in [-0.05, 0) is 12.1 Å². The maximum Gasteiger partial charge on any atom is 0.261 e. The third-order valence-electron chi connectivity index (χ3n) is 3.19. The molecule has 0 bridgehead atoms. The minimum Gasteiger partial charge on any atom is -0.298 e. The summed E-state index contributed by atoms with van der Waals surface area (Å²) in [6, 6.07) is 4.37. The highest BCUT2D eigenvalue weighted by Gasteiger charge is 2.08. The molecule has 20 heavy (non-hydrogen) atoms. The minimum atomic E-state index is -0.486. The summed E-state index contributed by atoms with van der Waals surface area (Å²) in [5.41, 5.74) is -0.149. The second-order valence-corrected chi connectivity index (χ2v) is 4.43. The van der Waals surface area contributed by atoms with Crippen molar-refractivity contribution >= 4 is 10.9 Å². The maximum atomic E-state index is 13.5. The van der Waals surface area contributed by atoms with Crippen LogP contribution in [0.2, 0.25) is 0 Å². The molecule has 3 aromatic rings. The fourth-order valence-corrected chi connectivity index (χ4v) is 2.08. The molecule has 0 saturated carbocycles. The molecular formula is C13H12FN5O. The number of aromatic nitrogens is 5. The lowest BCUT2D eigenvalue weighted by atomic mass is 10.2. The number of fused-ring (bicyclic) bond motifs is 1. The normalized spacial score (nSPS) is 11.1. The highest BCUT2D eigenvalue weighted by molar-refractivity contribution is 5.77. The first-order valence-electron chi connectivity index (χ1n) is 6.13. The molecule has 7 heteroatoms. The second-order valence-electron chi connectivity index (χ2n) is 4.43. The molecule has 0 atom stereocenters. The molecule has 0 amide bonds. The van der Waals surface area contributed by atoms with E-state index in [1.807, 2.05) is 0 Å². The van der Waals surface area contributed by atoms with E-state index in [-0.39, 0.29) is 16.5 Å². The van der Waals surface area contributed by atoms with Gasteiger partial charge in [-0.1, -0.05) is 6.07 Å². The van der Waals surface area contributed by atoms with Gasteiger partial charge in [-0.15, -0.1) is 0 Å². The van der Waals surface area contributed by atoms with Crippen molar-refractivity contribution in [2.45, 2.75) is 13.0 Å². The number of hydrogen-bond donors (Lipinski definition) is 0. The molecule has 2 aromatic heterocycles. The Labute approximate surface area is 113 Å². The summed E-state index contributed by atoms with van der Waals surface area (Å²) in [5.74, 6) is 0.288. The third kappa shape index (κ3) is 2.07. The number of rotatable bonds is 3. The Balaban J connectivity index is 1.95. The van der Waals surface area contributed by atoms with E-state index in [9.17, 15) is 9.18 Å². The van der Waals surface area contributed by atoms with Crippen LogP contribution in [0.5, 0.6) is 0 Å². The highest BCUT2D eigenvalue weighted by atomic mass is 19.1. The molecule has 0 aliphatic carbocycles. The molecule has 0 fully saturated rings. The van der Waals surface area contributed by atoms with Crippen molar-refractivity contribution in [3.05, 3.63) is 52.8 Å². The first kappa shape index (κ1) is 12.5. The summed E-state index contributed by atoms with van der Waals surface area (Å²) in [6.07, 6.45) is 3.38. The zero-order chi connectivity index (χ0) is 14.1. The van der Waals surface area contributed by atoms with Gasteiger partial charge in [-0.25, -0.2) is 14.4 Å². The number of halogens is 1. The van der Waals surface area contributed by atoms with Crippen molar-refractivity contribution in [1.29, 1.82) is 0 Å². The molecule has 0 spiro atoms.